The zero-order valence-corrected chi connectivity index (χ0v) is 9.28. The number of hydrogen-bond donors (Lipinski definition) is 1. The minimum atomic E-state index is -4.75. The lowest BCUT2D eigenvalue weighted by Crippen LogP contribution is -2.30. The lowest BCUT2D eigenvalue weighted by atomic mass is 9.90. The Labute approximate surface area is 101 Å². The third kappa shape index (κ3) is 2.64. The molecule has 0 spiro atoms. The molecule has 0 saturated heterocycles. The van der Waals surface area contributed by atoms with Crippen LogP contribution in [-0.4, -0.2) is 17.8 Å². The second kappa shape index (κ2) is 4.28. The molecule has 1 saturated carbocycles. The zero-order chi connectivity index (χ0) is 13.4. The molecule has 1 atom stereocenters. The lowest BCUT2D eigenvalue weighted by molar-refractivity contribution is -0.274. The van der Waals surface area contributed by atoms with Crippen LogP contribution in [0.3, 0.4) is 0 Å². The van der Waals surface area contributed by atoms with E-state index in [1.165, 1.54) is 12.1 Å². The first kappa shape index (κ1) is 12.9. The van der Waals surface area contributed by atoms with Gasteiger partial charge in [0.25, 0.3) is 0 Å². The first-order valence-corrected chi connectivity index (χ1v) is 5.40. The number of carbonyl (C=O) groups is 1. The zero-order valence-electron chi connectivity index (χ0n) is 9.28. The van der Waals surface area contributed by atoms with Crippen molar-refractivity contribution in [1.82, 2.24) is 0 Å². The lowest BCUT2D eigenvalue weighted by Gasteiger charge is -2.22. The van der Waals surface area contributed by atoms with Crippen molar-refractivity contribution in [2.24, 2.45) is 5.92 Å². The molecule has 2 rings (SSSR count). The molecule has 1 aromatic carbocycles. The number of rotatable bonds is 4. The van der Waals surface area contributed by atoms with Gasteiger partial charge in [0, 0.05) is 0 Å². The van der Waals surface area contributed by atoms with Crippen LogP contribution in [-0.2, 0) is 10.4 Å². The smallest absolute Gasteiger partial charge is 0.406 e. The quantitative estimate of drug-likeness (QED) is 0.845. The van der Waals surface area contributed by atoms with Gasteiger partial charge < -0.3 is 9.84 Å². The minimum Gasteiger partial charge on any atom is -0.406 e. The number of aldehydes is 1. The third-order valence-electron chi connectivity index (χ3n) is 2.93. The molecule has 1 aliphatic carbocycles. The molecule has 1 unspecified atom stereocenters. The molecule has 0 bridgehead atoms. The summed E-state index contributed by atoms with van der Waals surface area (Å²) in [6, 6.07) is 4.71. The largest absolute Gasteiger partial charge is 0.573 e. The van der Waals surface area contributed by atoms with E-state index < -0.39 is 12.0 Å². The maximum Gasteiger partial charge on any atom is 0.573 e. The van der Waals surface area contributed by atoms with E-state index in [1.807, 2.05) is 0 Å². The van der Waals surface area contributed by atoms with Gasteiger partial charge in [0.2, 0.25) is 0 Å². The summed E-state index contributed by atoms with van der Waals surface area (Å²) in [4.78, 5) is 11.0. The summed E-state index contributed by atoms with van der Waals surface area (Å²) in [5.41, 5.74) is -1.31. The number of carbonyl (C=O) groups excluding carboxylic acids is 1. The van der Waals surface area contributed by atoms with Gasteiger partial charge in [-0.15, -0.1) is 13.2 Å². The first-order valence-electron chi connectivity index (χ1n) is 5.40. The van der Waals surface area contributed by atoms with Crippen molar-refractivity contribution in [3.8, 4) is 5.75 Å². The van der Waals surface area contributed by atoms with E-state index in [-0.39, 0.29) is 17.2 Å². The minimum absolute atomic E-state index is 0.149. The molecule has 1 N–H and O–H groups in total. The number of alkyl halides is 3. The van der Waals surface area contributed by atoms with Gasteiger partial charge in [-0.05, 0) is 36.5 Å². The van der Waals surface area contributed by atoms with Crippen LogP contribution in [0.1, 0.15) is 18.4 Å². The number of ether oxygens (including phenoxy) is 1. The Morgan fingerprint density at radius 3 is 2.17 bits per heavy atom. The molecule has 0 heterocycles. The average Bonchev–Trinajstić information content (AvgIpc) is 3.11. The molecule has 6 heteroatoms. The van der Waals surface area contributed by atoms with Gasteiger partial charge in [0.05, 0.1) is 0 Å². The predicted molar refractivity (Wildman–Crippen MR) is 55.8 cm³/mol. The Hall–Kier alpha value is -1.56. The summed E-state index contributed by atoms with van der Waals surface area (Å²) in [6.45, 7) is 0. The third-order valence-corrected chi connectivity index (χ3v) is 2.93. The first-order chi connectivity index (χ1) is 8.35. The van der Waals surface area contributed by atoms with Crippen molar-refractivity contribution < 1.29 is 27.8 Å². The molecule has 3 nitrogen and oxygen atoms in total. The predicted octanol–water partition coefficient (Wildman–Crippen LogP) is 2.38. The molecule has 1 aromatic rings. The second-order valence-electron chi connectivity index (χ2n) is 4.29. The molecule has 1 fully saturated rings. The SMILES string of the molecule is O=CC(O)(c1ccc(OC(F)(F)F)cc1)C1CC1. The van der Waals surface area contributed by atoms with E-state index in [9.17, 15) is 23.1 Å². The number of hydrogen-bond acceptors (Lipinski definition) is 3. The van der Waals surface area contributed by atoms with Crippen LogP contribution in [0.2, 0.25) is 0 Å². The van der Waals surface area contributed by atoms with Crippen molar-refractivity contribution in [2.45, 2.75) is 24.8 Å². The highest BCUT2D eigenvalue weighted by molar-refractivity contribution is 5.67. The van der Waals surface area contributed by atoms with Gasteiger partial charge in [-0.3, -0.25) is 4.79 Å². The van der Waals surface area contributed by atoms with Crippen LogP contribution in [0.15, 0.2) is 24.3 Å². The normalized spacial score (nSPS) is 19.1. The second-order valence-corrected chi connectivity index (χ2v) is 4.29. The highest BCUT2D eigenvalue weighted by atomic mass is 19.4. The van der Waals surface area contributed by atoms with E-state index in [0.717, 1.165) is 25.0 Å². The molecular formula is C12H11F3O3. The molecule has 0 amide bonds. The highest BCUT2D eigenvalue weighted by Crippen LogP contribution is 2.44. The Kier molecular flexibility index (Phi) is 3.06. The summed E-state index contributed by atoms with van der Waals surface area (Å²) in [6.07, 6.45) is -2.85. The van der Waals surface area contributed by atoms with Crippen LogP contribution in [0, 0.1) is 5.92 Å². The fourth-order valence-corrected chi connectivity index (χ4v) is 1.85. The molecule has 18 heavy (non-hydrogen) atoms. The van der Waals surface area contributed by atoms with Crippen LogP contribution in [0.4, 0.5) is 13.2 Å². The van der Waals surface area contributed by atoms with Crippen molar-refractivity contribution in [3.05, 3.63) is 29.8 Å². The van der Waals surface area contributed by atoms with E-state index in [2.05, 4.69) is 4.74 Å². The summed E-state index contributed by atoms with van der Waals surface area (Å²) >= 11 is 0. The van der Waals surface area contributed by atoms with Crippen molar-refractivity contribution >= 4 is 6.29 Å². The summed E-state index contributed by atoms with van der Waals surface area (Å²) in [7, 11) is 0. The maximum atomic E-state index is 12.0. The van der Waals surface area contributed by atoms with E-state index in [1.54, 1.807) is 0 Å². The fourth-order valence-electron chi connectivity index (χ4n) is 1.85. The highest BCUT2D eigenvalue weighted by Gasteiger charge is 2.45. The molecule has 0 radical (unpaired) electrons. The number of benzene rings is 1. The van der Waals surface area contributed by atoms with Crippen LogP contribution in [0.5, 0.6) is 5.75 Å². The monoisotopic (exact) mass is 260 g/mol. The van der Waals surface area contributed by atoms with Crippen LogP contribution in [0.25, 0.3) is 0 Å². The van der Waals surface area contributed by atoms with Gasteiger partial charge in [-0.1, -0.05) is 12.1 Å². The number of aliphatic hydroxyl groups is 1. The standard InChI is InChI=1S/C12H11F3O3/c13-12(14,15)18-10-5-3-9(4-6-10)11(17,7-16)8-1-2-8/h3-8,17H,1-2H2. The van der Waals surface area contributed by atoms with Gasteiger partial charge in [-0.2, -0.15) is 0 Å². The van der Waals surface area contributed by atoms with E-state index in [0.29, 0.717) is 6.29 Å². The fraction of sp³-hybridized carbons (Fsp3) is 0.417. The van der Waals surface area contributed by atoms with Gasteiger partial charge >= 0.3 is 6.36 Å². The Bertz CT molecular complexity index is 437. The molecule has 1 aliphatic rings. The summed E-state index contributed by atoms with van der Waals surface area (Å²) in [5.74, 6) is -0.528. The van der Waals surface area contributed by atoms with Crippen LogP contribution >= 0.6 is 0 Å². The molecule has 0 aliphatic heterocycles. The molecule has 98 valence electrons. The maximum absolute atomic E-state index is 12.0. The Morgan fingerprint density at radius 2 is 1.78 bits per heavy atom. The van der Waals surface area contributed by atoms with Crippen molar-refractivity contribution in [2.75, 3.05) is 0 Å². The summed E-state index contributed by atoms with van der Waals surface area (Å²) < 4.78 is 39.6. The molecule has 0 aromatic heterocycles. The van der Waals surface area contributed by atoms with Crippen molar-refractivity contribution in [3.63, 3.8) is 0 Å². The van der Waals surface area contributed by atoms with E-state index >= 15 is 0 Å². The Balaban J connectivity index is 2.19. The van der Waals surface area contributed by atoms with E-state index in [4.69, 9.17) is 0 Å². The summed E-state index contributed by atoms with van der Waals surface area (Å²) in [5, 5.41) is 10.1. The van der Waals surface area contributed by atoms with Gasteiger partial charge in [0.15, 0.2) is 6.29 Å². The Morgan fingerprint density at radius 1 is 1.22 bits per heavy atom. The average molecular weight is 260 g/mol. The van der Waals surface area contributed by atoms with Gasteiger partial charge in [0.1, 0.15) is 11.4 Å². The molecular weight excluding hydrogens is 249 g/mol. The number of halogens is 3. The van der Waals surface area contributed by atoms with Gasteiger partial charge in [-0.25, -0.2) is 0 Å². The topological polar surface area (TPSA) is 46.5 Å². The van der Waals surface area contributed by atoms with Crippen molar-refractivity contribution in [1.29, 1.82) is 0 Å². The van der Waals surface area contributed by atoms with Crippen LogP contribution < -0.4 is 4.74 Å².